The molecule has 2 atom stereocenters. The summed E-state index contributed by atoms with van der Waals surface area (Å²) in [5, 5.41) is 12.6. The quantitative estimate of drug-likeness (QED) is 0.577. The van der Waals surface area contributed by atoms with Crippen LogP contribution in [0, 0.1) is 19.7 Å². The highest BCUT2D eigenvalue weighted by atomic mass is 19.1. The zero-order valence-corrected chi connectivity index (χ0v) is 15.7. The van der Waals surface area contributed by atoms with E-state index in [-0.39, 0.29) is 11.6 Å². The number of halogens is 2. The van der Waals surface area contributed by atoms with Crippen molar-refractivity contribution in [2.24, 2.45) is 0 Å². The van der Waals surface area contributed by atoms with E-state index in [1.807, 2.05) is 32.2 Å². The van der Waals surface area contributed by atoms with Crippen LogP contribution in [-0.4, -0.2) is 43.6 Å². The molecular formula is C20H20F2N6. The predicted octanol–water partition coefficient (Wildman–Crippen LogP) is 3.37. The molecule has 144 valence electrons. The van der Waals surface area contributed by atoms with Gasteiger partial charge >= 0.3 is 0 Å². The molecule has 0 bridgehead atoms. The minimum atomic E-state index is -1.04. The van der Waals surface area contributed by atoms with Gasteiger partial charge in [-0.2, -0.15) is 10.2 Å². The monoisotopic (exact) mass is 382 g/mol. The average molecular weight is 382 g/mol. The highest BCUT2D eigenvalue weighted by Gasteiger charge is 2.27. The fourth-order valence-electron chi connectivity index (χ4n) is 3.92. The maximum Gasteiger partial charge on any atom is 0.156 e. The summed E-state index contributed by atoms with van der Waals surface area (Å²) >= 11 is 0. The molecule has 1 fully saturated rings. The molecule has 4 aromatic rings. The van der Waals surface area contributed by atoms with Gasteiger partial charge in [0.15, 0.2) is 11.5 Å². The molecule has 0 saturated carbocycles. The van der Waals surface area contributed by atoms with E-state index in [2.05, 4.69) is 20.5 Å². The van der Waals surface area contributed by atoms with Crippen LogP contribution in [0.4, 0.5) is 8.78 Å². The molecule has 5 rings (SSSR count). The van der Waals surface area contributed by atoms with E-state index in [1.54, 1.807) is 15.4 Å². The van der Waals surface area contributed by atoms with E-state index >= 15 is 0 Å². The van der Waals surface area contributed by atoms with Gasteiger partial charge < -0.3 is 5.32 Å². The van der Waals surface area contributed by atoms with Gasteiger partial charge in [0, 0.05) is 23.7 Å². The van der Waals surface area contributed by atoms with Crippen molar-refractivity contribution in [2.45, 2.75) is 32.5 Å². The van der Waals surface area contributed by atoms with Crippen molar-refractivity contribution in [3.05, 3.63) is 47.7 Å². The first-order valence-electron chi connectivity index (χ1n) is 9.37. The summed E-state index contributed by atoms with van der Waals surface area (Å²) in [5.41, 5.74) is 4.19. The smallest absolute Gasteiger partial charge is 0.156 e. The number of rotatable bonds is 2. The van der Waals surface area contributed by atoms with E-state index in [0.717, 1.165) is 23.4 Å². The lowest BCUT2D eigenvalue weighted by Gasteiger charge is -2.26. The van der Waals surface area contributed by atoms with Crippen molar-refractivity contribution in [2.75, 3.05) is 13.1 Å². The van der Waals surface area contributed by atoms with Gasteiger partial charge in [-0.05, 0) is 50.6 Å². The molecule has 1 aliphatic rings. The topological polar surface area (TPSA) is 60.0 Å². The Morgan fingerprint density at radius 3 is 2.82 bits per heavy atom. The lowest BCUT2D eigenvalue weighted by atomic mass is 10.1. The summed E-state index contributed by atoms with van der Waals surface area (Å²) in [5.74, 6) is -0.433. The van der Waals surface area contributed by atoms with Gasteiger partial charge in [-0.25, -0.2) is 18.3 Å². The van der Waals surface area contributed by atoms with Crippen molar-refractivity contribution in [1.29, 1.82) is 0 Å². The molecule has 8 heteroatoms. The number of hydrogen-bond acceptors (Lipinski definition) is 4. The van der Waals surface area contributed by atoms with Crippen LogP contribution in [0.1, 0.15) is 23.7 Å². The number of benzene rings is 1. The third kappa shape index (κ3) is 2.75. The summed E-state index contributed by atoms with van der Waals surface area (Å²) in [6, 6.07) is 4.82. The predicted molar refractivity (Wildman–Crippen MR) is 103 cm³/mol. The Hall–Kier alpha value is -2.87. The molecular weight excluding hydrogens is 362 g/mol. The molecule has 0 unspecified atom stereocenters. The van der Waals surface area contributed by atoms with E-state index in [1.165, 1.54) is 6.07 Å². The number of imidazole rings is 1. The summed E-state index contributed by atoms with van der Waals surface area (Å²) in [7, 11) is 0. The lowest BCUT2D eigenvalue weighted by Crippen LogP contribution is -2.39. The molecule has 1 saturated heterocycles. The largest absolute Gasteiger partial charge is 0.314 e. The van der Waals surface area contributed by atoms with E-state index in [0.29, 0.717) is 29.6 Å². The van der Waals surface area contributed by atoms with Crippen LogP contribution in [-0.2, 0) is 0 Å². The molecule has 0 radical (unpaired) electrons. The molecule has 1 N–H and O–H groups in total. The molecule has 0 aliphatic carbocycles. The van der Waals surface area contributed by atoms with Crippen LogP contribution in [0.5, 0.6) is 0 Å². The molecule has 0 amide bonds. The number of nitrogens with zero attached hydrogens (tertiary/aromatic N) is 5. The minimum Gasteiger partial charge on any atom is -0.314 e. The number of nitrogens with one attached hydrogen (secondary N) is 1. The number of fused-ring (bicyclic) bond motifs is 2. The summed E-state index contributed by atoms with van der Waals surface area (Å²) in [4.78, 5) is 4.45. The number of aryl methyl sites for hydroxylation is 2. The SMILES string of the molecule is Cc1cn2nc(-c3cc(F)c4nn([C@H]5CCNC[C@@H]5F)cc4c3)cc(C)c2n1. The highest BCUT2D eigenvalue weighted by molar-refractivity contribution is 5.84. The zero-order chi connectivity index (χ0) is 19.4. The fraction of sp³-hybridized carbons (Fsp3) is 0.350. The first-order valence-corrected chi connectivity index (χ1v) is 9.37. The number of hydrogen-bond donors (Lipinski definition) is 1. The second-order valence-electron chi connectivity index (χ2n) is 7.44. The first kappa shape index (κ1) is 17.2. The zero-order valence-electron chi connectivity index (χ0n) is 15.7. The van der Waals surface area contributed by atoms with Gasteiger partial charge in [0.05, 0.1) is 23.6 Å². The van der Waals surface area contributed by atoms with Crippen LogP contribution in [0.3, 0.4) is 0 Å². The van der Waals surface area contributed by atoms with Gasteiger partial charge in [0.2, 0.25) is 0 Å². The van der Waals surface area contributed by atoms with Crippen molar-refractivity contribution in [3.63, 3.8) is 0 Å². The van der Waals surface area contributed by atoms with Gasteiger partial charge in [0.25, 0.3) is 0 Å². The van der Waals surface area contributed by atoms with Crippen molar-refractivity contribution < 1.29 is 8.78 Å². The molecule has 28 heavy (non-hydrogen) atoms. The standard InChI is InChI=1S/C20H20F2N6/c1-11-5-17(25-28-9-12(2)24-20(11)28)13-6-14-10-27(26-19(14)15(21)7-13)18-3-4-23-8-16(18)22/h5-7,9-10,16,18,23H,3-4,8H2,1-2H3/t16-,18-/m0/s1. The van der Waals surface area contributed by atoms with Crippen LogP contribution in [0.25, 0.3) is 27.8 Å². The van der Waals surface area contributed by atoms with Crippen molar-refractivity contribution in [3.8, 4) is 11.3 Å². The average Bonchev–Trinajstić information content (AvgIpc) is 3.25. The number of alkyl halides is 1. The summed E-state index contributed by atoms with van der Waals surface area (Å²) in [6.07, 6.45) is 3.16. The van der Waals surface area contributed by atoms with E-state index < -0.39 is 12.0 Å². The summed E-state index contributed by atoms with van der Waals surface area (Å²) in [6.45, 7) is 4.88. The minimum absolute atomic E-state index is 0.255. The Kier molecular flexibility index (Phi) is 3.90. The molecule has 3 aromatic heterocycles. The summed E-state index contributed by atoms with van der Waals surface area (Å²) < 4.78 is 32.4. The maximum atomic E-state index is 14.8. The Morgan fingerprint density at radius 1 is 1.14 bits per heavy atom. The van der Waals surface area contributed by atoms with Gasteiger partial charge in [-0.1, -0.05) is 0 Å². The highest BCUT2D eigenvalue weighted by Crippen LogP contribution is 2.29. The van der Waals surface area contributed by atoms with Crippen LogP contribution >= 0.6 is 0 Å². The third-order valence-corrected chi connectivity index (χ3v) is 5.32. The molecule has 0 spiro atoms. The molecule has 6 nitrogen and oxygen atoms in total. The lowest BCUT2D eigenvalue weighted by molar-refractivity contribution is 0.174. The Labute approximate surface area is 160 Å². The van der Waals surface area contributed by atoms with Crippen LogP contribution < -0.4 is 5.32 Å². The van der Waals surface area contributed by atoms with Crippen molar-refractivity contribution >= 4 is 16.6 Å². The number of aromatic nitrogens is 5. The van der Waals surface area contributed by atoms with Crippen LogP contribution in [0.2, 0.25) is 0 Å². The Balaban J connectivity index is 1.61. The Morgan fingerprint density at radius 2 is 2.00 bits per heavy atom. The molecule has 1 aromatic carbocycles. The van der Waals surface area contributed by atoms with Gasteiger partial charge in [-0.15, -0.1) is 0 Å². The fourth-order valence-corrected chi connectivity index (χ4v) is 3.92. The van der Waals surface area contributed by atoms with Crippen LogP contribution in [0.15, 0.2) is 30.6 Å². The normalized spacial score (nSPS) is 20.3. The molecule has 1 aliphatic heterocycles. The van der Waals surface area contributed by atoms with Gasteiger partial charge in [-0.3, -0.25) is 4.68 Å². The third-order valence-electron chi connectivity index (χ3n) is 5.32. The second kappa shape index (κ2) is 6.34. The Bertz CT molecular complexity index is 1190. The van der Waals surface area contributed by atoms with Crippen molar-refractivity contribution in [1.82, 2.24) is 29.7 Å². The molecule has 4 heterocycles. The second-order valence-corrected chi connectivity index (χ2v) is 7.44. The number of piperidine rings is 1. The van der Waals surface area contributed by atoms with E-state index in [9.17, 15) is 8.78 Å². The van der Waals surface area contributed by atoms with E-state index in [4.69, 9.17) is 0 Å². The maximum absolute atomic E-state index is 14.8. The first-order chi connectivity index (χ1) is 13.5. The van der Waals surface area contributed by atoms with Gasteiger partial charge in [0.1, 0.15) is 11.7 Å².